The summed E-state index contributed by atoms with van der Waals surface area (Å²) in [5.41, 5.74) is 3.65. The standard InChI is InChI=1S/C18H22N2O/c1-15-5-4-6-16(13-15)14-19-9-11-20(12-10-19)17-7-2-3-8-18(17)21/h2-8,13,21H,9-12,14H2,1H3. The average molecular weight is 282 g/mol. The number of aryl methyl sites for hydroxylation is 1. The van der Waals surface area contributed by atoms with Crippen LogP contribution in [0.2, 0.25) is 0 Å². The SMILES string of the molecule is Cc1cccc(CN2CCN(c3ccccc3O)CC2)c1. The summed E-state index contributed by atoms with van der Waals surface area (Å²) in [6.45, 7) is 7.13. The minimum Gasteiger partial charge on any atom is -0.506 e. The molecule has 0 spiro atoms. The molecule has 1 aliphatic heterocycles. The molecule has 1 N–H and O–H groups in total. The van der Waals surface area contributed by atoms with Gasteiger partial charge in [0.1, 0.15) is 5.75 Å². The fourth-order valence-corrected chi connectivity index (χ4v) is 2.95. The topological polar surface area (TPSA) is 26.7 Å². The van der Waals surface area contributed by atoms with Crippen LogP contribution in [0.4, 0.5) is 5.69 Å². The average Bonchev–Trinajstić information content (AvgIpc) is 2.49. The van der Waals surface area contributed by atoms with Gasteiger partial charge < -0.3 is 10.0 Å². The van der Waals surface area contributed by atoms with E-state index < -0.39 is 0 Å². The van der Waals surface area contributed by atoms with Crippen LogP contribution in [0.3, 0.4) is 0 Å². The minimum atomic E-state index is 0.379. The molecule has 0 bridgehead atoms. The molecule has 3 nitrogen and oxygen atoms in total. The lowest BCUT2D eigenvalue weighted by molar-refractivity contribution is 0.249. The van der Waals surface area contributed by atoms with Crippen molar-refractivity contribution in [2.24, 2.45) is 0 Å². The van der Waals surface area contributed by atoms with Crippen LogP contribution in [-0.2, 0) is 6.54 Å². The number of phenolic OH excluding ortho intramolecular Hbond substituents is 1. The van der Waals surface area contributed by atoms with Crippen LogP contribution < -0.4 is 4.90 Å². The number of benzene rings is 2. The van der Waals surface area contributed by atoms with Crippen molar-refractivity contribution in [2.45, 2.75) is 13.5 Å². The first kappa shape index (κ1) is 14.0. The third kappa shape index (κ3) is 3.37. The zero-order valence-corrected chi connectivity index (χ0v) is 12.5. The van der Waals surface area contributed by atoms with E-state index in [9.17, 15) is 5.11 Å². The Morgan fingerprint density at radius 2 is 1.71 bits per heavy atom. The Balaban J connectivity index is 1.59. The Bertz CT molecular complexity index is 604. The Labute approximate surface area is 126 Å². The van der Waals surface area contributed by atoms with Gasteiger partial charge in [0.15, 0.2) is 0 Å². The molecule has 0 saturated carbocycles. The van der Waals surface area contributed by atoms with Gasteiger partial charge in [0.2, 0.25) is 0 Å². The summed E-state index contributed by atoms with van der Waals surface area (Å²) in [6.07, 6.45) is 0. The Morgan fingerprint density at radius 1 is 0.952 bits per heavy atom. The van der Waals surface area contributed by atoms with Gasteiger partial charge in [-0.2, -0.15) is 0 Å². The third-order valence-corrected chi connectivity index (χ3v) is 4.08. The van der Waals surface area contributed by atoms with E-state index in [-0.39, 0.29) is 0 Å². The maximum Gasteiger partial charge on any atom is 0.138 e. The fraction of sp³-hybridized carbons (Fsp3) is 0.333. The van der Waals surface area contributed by atoms with E-state index in [0.717, 1.165) is 38.4 Å². The fourth-order valence-electron chi connectivity index (χ4n) is 2.95. The number of piperazine rings is 1. The number of nitrogens with zero attached hydrogens (tertiary/aromatic N) is 2. The molecule has 0 radical (unpaired) electrons. The molecule has 0 aromatic heterocycles. The largest absolute Gasteiger partial charge is 0.506 e. The molecular formula is C18H22N2O. The molecule has 1 fully saturated rings. The summed E-state index contributed by atoms with van der Waals surface area (Å²) in [4.78, 5) is 4.74. The molecule has 3 heteroatoms. The van der Waals surface area contributed by atoms with E-state index in [1.165, 1.54) is 11.1 Å². The lowest BCUT2D eigenvalue weighted by Gasteiger charge is -2.36. The molecule has 2 aromatic carbocycles. The van der Waals surface area contributed by atoms with E-state index in [0.29, 0.717) is 5.75 Å². The Hall–Kier alpha value is -2.00. The lowest BCUT2D eigenvalue weighted by atomic mass is 10.1. The van der Waals surface area contributed by atoms with Gasteiger partial charge >= 0.3 is 0 Å². The second-order valence-corrected chi connectivity index (χ2v) is 5.74. The van der Waals surface area contributed by atoms with Gasteiger partial charge in [-0.15, -0.1) is 0 Å². The number of anilines is 1. The Morgan fingerprint density at radius 3 is 2.43 bits per heavy atom. The molecule has 0 amide bonds. The number of rotatable bonds is 3. The van der Waals surface area contributed by atoms with Gasteiger partial charge in [-0.05, 0) is 24.6 Å². The van der Waals surface area contributed by atoms with E-state index >= 15 is 0 Å². The molecule has 1 heterocycles. The first-order valence-corrected chi connectivity index (χ1v) is 7.53. The van der Waals surface area contributed by atoms with Gasteiger partial charge in [0.05, 0.1) is 5.69 Å². The minimum absolute atomic E-state index is 0.379. The van der Waals surface area contributed by atoms with Crippen molar-refractivity contribution in [3.05, 3.63) is 59.7 Å². The van der Waals surface area contributed by atoms with Gasteiger partial charge in [-0.3, -0.25) is 4.90 Å². The summed E-state index contributed by atoms with van der Waals surface area (Å²) in [7, 11) is 0. The first-order valence-electron chi connectivity index (χ1n) is 7.53. The van der Waals surface area contributed by atoms with Crippen LogP contribution in [0.5, 0.6) is 5.75 Å². The molecule has 110 valence electrons. The number of aromatic hydroxyl groups is 1. The van der Waals surface area contributed by atoms with Crippen molar-refractivity contribution in [3.8, 4) is 5.75 Å². The van der Waals surface area contributed by atoms with Gasteiger partial charge in [0, 0.05) is 32.7 Å². The normalized spacial score (nSPS) is 16.1. The van der Waals surface area contributed by atoms with Crippen LogP contribution in [0.25, 0.3) is 0 Å². The monoisotopic (exact) mass is 282 g/mol. The van der Waals surface area contributed by atoms with E-state index in [1.807, 2.05) is 18.2 Å². The molecule has 1 saturated heterocycles. The molecule has 0 aliphatic carbocycles. The van der Waals surface area contributed by atoms with Crippen LogP contribution in [0.15, 0.2) is 48.5 Å². The molecule has 1 aliphatic rings. The molecule has 0 unspecified atom stereocenters. The van der Waals surface area contributed by atoms with Crippen molar-refractivity contribution >= 4 is 5.69 Å². The molecule has 3 rings (SSSR count). The molecular weight excluding hydrogens is 260 g/mol. The quantitative estimate of drug-likeness (QED) is 0.937. The van der Waals surface area contributed by atoms with Gasteiger partial charge in [-0.1, -0.05) is 42.0 Å². The lowest BCUT2D eigenvalue weighted by Crippen LogP contribution is -2.45. The van der Waals surface area contributed by atoms with Gasteiger partial charge in [0.25, 0.3) is 0 Å². The van der Waals surface area contributed by atoms with E-state index in [4.69, 9.17) is 0 Å². The highest BCUT2D eigenvalue weighted by Crippen LogP contribution is 2.27. The summed E-state index contributed by atoms with van der Waals surface area (Å²) in [6, 6.07) is 16.3. The number of phenols is 1. The van der Waals surface area contributed by atoms with Crippen LogP contribution in [-0.4, -0.2) is 36.2 Å². The van der Waals surface area contributed by atoms with Crippen molar-refractivity contribution in [2.75, 3.05) is 31.1 Å². The van der Waals surface area contributed by atoms with Crippen LogP contribution >= 0.6 is 0 Å². The molecule has 0 atom stereocenters. The summed E-state index contributed by atoms with van der Waals surface area (Å²) in [5, 5.41) is 9.94. The van der Waals surface area contributed by atoms with E-state index in [2.05, 4.69) is 41.0 Å². The molecule has 21 heavy (non-hydrogen) atoms. The summed E-state index contributed by atoms with van der Waals surface area (Å²) < 4.78 is 0. The highest BCUT2D eigenvalue weighted by atomic mass is 16.3. The summed E-state index contributed by atoms with van der Waals surface area (Å²) >= 11 is 0. The highest BCUT2D eigenvalue weighted by Gasteiger charge is 2.18. The third-order valence-electron chi connectivity index (χ3n) is 4.08. The number of para-hydroxylation sites is 2. The van der Waals surface area contributed by atoms with Gasteiger partial charge in [-0.25, -0.2) is 0 Å². The molecule has 2 aromatic rings. The van der Waals surface area contributed by atoms with Crippen LogP contribution in [0.1, 0.15) is 11.1 Å². The number of hydrogen-bond donors (Lipinski definition) is 1. The van der Waals surface area contributed by atoms with Crippen molar-refractivity contribution in [1.29, 1.82) is 0 Å². The second-order valence-electron chi connectivity index (χ2n) is 5.74. The summed E-state index contributed by atoms with van der Waals surface area (Å²) in [5.74, 6) is 0.379. The predicted octanol–water partition coefficient (Wildman–Crippen LogP) is 3.02. The smallest absolute Gasteiger partial charge is 0.138 e. The highest BCUT2D eigenvalue weighted by molar-refractivity contribution is 5.57. The van der Waals surface area contributed by atoms with Crippen molar-refractivity contribution in [3.63, 3.8) is 0 Å². The maximum absolute atomic E-state index is 9.94. The first-order chi connectivity index (χ1) is 10.2. The van der Waals surface area contributed by atoms with E-state index in [1.54, 1.807) is 6.07 Å². The van der Waals surface area contributed by atoms with Crippen LogP contribution in [0, 0.1) is 6.92 Å². The van der Waals surface area contributed by atoms with Crippen molar-refractivity contribution < 1.29 is 5.11 Å². The second kappa shape index (κ2) is 6.19. The number of hydrogen-bond acceptors (Lipinski definition) is 3. The zero-order valence-electron chi connectivity index (χ0n) is 12.5. The van der Waals surface area contributed by atoms with Crippen molar-refractivity contribution in [1.82, 2.24) is 4.90 Å². The zero-order chi connectivity index (χ0) is 14.7. The Kier molecular flexibility index (Phi) is 4.11. The maximum atomic E-state index is 9.94. The predicted molar refractivity (Wildman–Crippen MR) is 86.8 cm³/mol.